The number of rotatable bonds is 5. The molecule has 1 saturated carbocycles. The lowest BCUT2D eigenvalue weighted by molar-refractivity contribution is -0.122. The standard InChI is InChI=1S/C19H29N5OS/c1-11-7-6-8-16(12(11)2)21-17(25)10-9-15-13(3)20-18-22-19(26-5)23-24(18)14(15)4/h11-12,16H,6-10H2,1-5H3,(H,21,25)/t11-,12+,16-/m1/s1. The lowest BCUT2D eigenvalue weighted by Crippen LogP contribution is -2.43. The zero-order valence-electron chi connectivity index (χ0n) is 16.4. The molecule has 0 saturated heterocycles. The van der Waals surface area contributed by atoms with Crippen molar-refractivity contribution in [2.24, 2.45) is 11.8 Å². The lowest BCUT2D eigenvalue weighted by atomic mass is 9.78. The summed E-state index contributed by atoms with van der Waals surface area (Å²) in [5.74, 6) is 2.00. The van der Waals surface area contributed by atoms with Crippen molar-refractivity contribution < 1.29 is 4.79 Å². The van der Waals surface area contributed by atoms with Crippen LogP contribution in [0.5, 0.6) is 0 Å². The number of aromatic nitrogens is 4. The first-order valence-electron chi connectivity index (χ1n) is 9.47. The number of thioether (sulfide) groups is 1. The van der Waals surface area contributed by atoms with Crippen molar-refractivity contribution in [1.29, 1.82) is 0 Å². The van der Waals surface area contributed by atoms with Crippen molar-refractivity contribution in [1.82, 2.24) is 24.9 Å². The Bertz CT molecular complexity index is 803. The highest BCUT2D eigenvalue weighted by Crippen LogP contribution is 2.29. The summed E-state index contributed by atoms with van der Waals surface area (Å²) in [7, 11) is 0. The molecule has 2 aromatic rings. The summed E-state index contributed by atoms with van der Waals surface area (Å²) < 4.78 is 1.79. The quantitative estimate of drug-likeness (QED) is 0.812. The molecule has 0 aromatic carbocycles. The van der Waals surface area contributed by atoms with Gasteiger partial charge in [-0.15, -0.1) is 5.10 Å². The molecule has 2 aromatic heterocycles. The minimum atomic E-state index is 0.137. The second-order valence-electron chi connectivity index (χ2n) is 7.51. The normalized spacial score (nSPS) is 23.3. The van der Waals surface area contributed by atoms with Crippen LogP contribution in [0.2, 0.25) is 0 Å². The van der Waals surface area contributed by atoms with E-state index < -0.39 is 0 Å². The monoisotopic (exact) mass is 375 g/mol. The SMILES string of the molecule is CSc1nc2nc(C)c(CCC(=O)N[C@@H]3CCC[C@@H](C)[C@@H]3C)c(C)n2n1. The van der Waals surface area contributed by atoms with E-state index in [0.717, 1.165) is 28.5 Å². The van der Waals surface area contributed by atoms with Crippen molar-refractivity contribution in [2.75, 3.05) is 6.26 Å². The minimum absolute atomic E-state index is 0.137. The molecule has 1 amide bonds. The summed E-state index contributed by atoms with van der Waals surface area (Å²) in [4.78, 5) is 21.5. The van der Waals surface area contributed by atoms with Crippen LogP contribution in [0.3, 0.4) is 0 Å². The number of hydrogen-bond donors (Lipinski definition) is 1. The molecule has 0 aliphatic heterocycles. The number of carbonyl (C=O) groups excluding carboxylic acids is 1. The fraction of sp³-hybridized carbons (Fsp3) is 0.684. The van der Waals surface area contributed by atoms with Crippen LogP contribution in [0, 0.1) is 25.7 Å². The number of hydrogen-bond acceptors (Lipinski definition) is 5. The Hall–Kier alpha value is -1.63. The third-order valence-electron chi connectivity index (χ3n) is 5.87. The Labute approximate surface area is 159 Å². The zero-order valence-corrected chi connectivity index (χ0v) is 17.2. The van der Waals surface area contributed by atoms with E-state index in [1.54, 1.807) is 4.52 Å². The van der Waals surface area contributed by atoms with Crippen molar-refractivity contribution in [3.63, 3.8) is 0 Å². The molecular weight excluding hydrogens is 346 g/mol. The second-order valence-corrected chi connectivity index (χ2v) is 8.29. The van der Waals surface area contributed by atoms with Gasteiger partial charge in [0.1, 0.15) is 0 Å². The Morgan fingerprint density at radius 2 is 2.04 bits per heavy atom. The summed E-state index contributed by atoms with van der Waals surface area (Å²) in [6.07, 6.45) is 6.69. The van der Waals surface area contributed by atoms with Gasteiger partial charge in [0.15, 0.2) is 0 Å². The molecule has 1 aliphatic rings. The molecule has 0 unspecified atom stereocenters. The van der Waals surface area contributed by atoms with Gasteiger partial charge in [-0.25, -0.2) is 9.50 Å². The fourth-order valence-corrected chi connectivity index (χ4v) is 4.28. The molecule has 0 spiro atoms. The van der Waals surface area contributed by atoms with Crippen molar-refractivity contribution >= 4 is 23.4 Å². The molecule has 2 heterocycles. The summed E-state index contributed by atoms with van der Waals surface area (Å²) >= 11 is 1.51. The summed E-state index contributed by atoms with van der Waals surface area (Å²) in [6.45, 7) is 8.56. The maximum atomic E-state index is 12.5. The molecule has 6 nitrogen and oxygen atoms in total. The molecule has 1 fully saturated rings. The van der Waals surface area contributed by atoms with Gasteiger partial charge in [0.2, 0.25) is 11.1 Å². The Morgan fingerprint density at radius 3 is 2.77 bits per heavy atom. The highest BCUT2D eigenvalue weighted by atomic mass is 32.2. The van der Waals surface area contributed by atoms with Gasteiger partial charge in [-0.3, -0.25) is 4.79 Å². The molecule has 1 aliphatic carbocycles. The van der Waals surface area contributed by atoms with Crippen LogP contribution in [-0.2, 0) is 11.2 Å². The van der Waals surface area contributed by atoms with Crippen LogP contribution in [0.1, 0.15) is 56.5 Å². The first-order valence-corrected chi connectivity index (χ1v) is 10.7. The topological polar surface area (TPSA) is 72.2 Å². The van der Waals surface area contributed by atoms with Crippen molar-refractivity contribution in [3.8, 4) is 0 Å². The third-order valence-corrected chi connectivity index (χ3v) is 6.41. The van der Waals surface area contributed by atoms with Gasteiger partial charge in [0.05, 0.1) is 0 Å². The number of amides is 1. The van der Waals surface area contributed by atoms with E-state index in [-0.39, 0.29) is 5.91 Å². The van der Waals surface area contributed by atoms with E-state index in [0.29, 0.717) is 36.5 Å². The van der Waals surface area contributed by atoms with E-state index in [2.05, 4.69) is 34.2 Å². The first kappa shape index (κ1) is 19.1. The maximum absolute atomic E-state index is 12.5. The molecule has 3 rings (SSSR count). The highest BCUT2D eigenvalue weighted by Gasteiger charge is 2.28. The maximum Gasteiger partial charge on any atom is 0.253 e. The van der Waals surface area contributed by atoms with Crippen LogP contribution >= 0.6 is 11.8 Å². The van der Waals surface area contributed by atoms with Gasteiger partial charge < -0.3 is 5.32 Å². The number of nitrogens with zero attached hydrogens (tertiary/aromatic N) is 4. The Morgan fingerprint density at radius 1 is 1.27 bits per heavy atom. The summed E-state index contributed by atoms with van der Waals surface area (Å²) in [5.41, 5.74) is 3.05. The minimum Gasteiger partial charge on any atom is -0.353 e. The van der Waals surface area contributed by atoms with Gasteiger partial charge in [0.25, 0.3) is 5.78 Å². The first-order chi connectivity index (χ1) is 12.4. The van der Waals surface area contributed by atoms with Gasteiger partial charge in [-0.05, 0) is 50.3 Å². The fourth-order valence-electron chi connectivity index (χ4n) is 3.94. The average molecular weight is 376 g/mol. The molecular formula is C19H29N5OS. The van der Waals surface area contributed by atoms with Crippen LogP contribution < -0.4 is 5.32 Å². The van der Waals surface area contributed by atoms with Crippen LogP contribution in [0.15, 0.2) is 5.16 Å². The molecule has 3 atom stereocenters. The van der Waals surface area contributed by atoms with Gasteiger partial charge in [-0.2, -0.15) is 4.98 Å². The number of aryl methyl sites for hydroxylation is 2. The highest BCUT2D eigenvalue weighted by molar-refractivity contribution is 7.98. The predicted molar refractivity (Wildman–Crippen MR) is 104 cm³/mol. The number of fused-ring (bicyclic) bond motifs is 1. The van der Waals surface area contributed by atoms with Crippen LogP contribution in [-0.4, -0.2) is 37.8 Å². The summed E-state index contributed by atoms with van der Waals surface area (Å²) in [6, 6.07) is 0.313. The molecule has 142 valence electrons. The van der Waals surface area contributed by atoms with Gasteiger partial charge in [-0.1, -0.05) is 38.5 Å². The smallest absolute Gasteiger partial charge is 0.253 e. The van der Waals surface area contributed by atoms with Crippen molar-refractivity contribution in [2.45, 2.75) is 71.0 Å². The molecule has 7 heteroatoms. The largest absolute Gasteiger partial charge is 0.353 e. The van der Waals surface area contributed by atoms with Gasteiger partial charge >= 0.3 is 0 Å². The number of nitrogens with one attached hydrogen (secondary N) is 1. The molecule has 26 heavy (non-hydrogen) atoms. The zero-order chi connectivity index (χ0) is 18.8. The van der Waals surface area contributed by atoms with Crippen LogP contribution in [0.4, 0.5) is 0 Å². The van der Waals surface area contributed by atoms with Crippen LogP contribution in [0.25, 0.3) is 5.78 Å². The number of carbonyl (C=O) groups is 1. The Kier molecular flexibility index (Phi) is 5.85. The van der Waals surface area contributed by atoms with E-state index in [1.807, 2.05) is 20.1 Å². The van der Waals surface area contributed by atoms with E-state index in [4.69, 9.17) is 0 Å². The van der Waals surface area contributed by atoms with E-state index in [9.17, 15) is 4.79 Å². The molecule has 1 N–H and O–H groups in total. The van der Waals surface area contributed by atoms with E-state index >= 15 is 0 Å². The predicted octanol–water partition coefficient (Wildman–Crippen LogP) is 3.34. The third kappa shape index (κ3) is 3.87. The van der Waals surface area contributed by atoms with Gasteiger partial charge in [0, 0.05) is 23.9 Å². The average Bonchev–Trinajstić information content (AvgIpc) is 3.02. The Balaban J connectivity index is 1.68. The molecule has 0 bridgehead atoms. The lowest BCUT2D eigenvalue weighted by Gasteiger charge is -2.34. The van der Waals surface area contributed by atoms with Crippen molar-refractivity contribution in [3.05, 3.63) is 17.0 Å². The second kappa shape index (κ2) is 7.94. The summed E-state index contributed by atoms with van der Waals surface area (Å²) in [5, 5.41) is 8.46. The molecule has 0 radical (unpaired) electrons. The van der Waals surface area contributed by atoms with E-state index in [1.165, 1.54) is 24.6 Å².